The molecule has 0 unspecified atom stereocenters. The van der Waals surface area contributed by atoms with E-state index in [1.165, 1.54) is 0 Å². The quantitative estimate of drug-likeness (QED) is 0.545. The zero-order valence-electron chi connectivity index (χ0n) is 13.2. The lowest BCUT2D eigenvalue weighted by Crippen LogP contribution is -1.95. The topological polar surface area (TPSA) is 47.9 Å². The highest BCUT2D eigenvalue weighted by atomic mass is 16.5. The summed E-state index contributed by atoms with van der Waals surface area (Å²) in [5, 5.41) is 0.977. The zero-order valence-corrected chi connectivity index (χ0v) is 13.2. The molecule has 1 aromatic carbocycles. The molecule has 0 aliphatic rings. The van der Waals surface area contributed by atoms with Gasteiger partial charge in [0.25, 0.3) is 0 Å². The summed E-state index contributed by atoms with van der Waals surface area (Å²) in [6, 6.07) is 17.8. The molecule has 4 aromatic rings. The molecule has 0 aliphatic heterocycles. The summed E-state index contributed by atoms with van der Waals surface area (Å²) in [5.74, 6) is 1.06. The van der Waals surface area contributed by atoms with Gasteiger partial charge in [0, 0.05) is 35.6 Å². The van der Waals surface area contributed by atoms with E-state index in [1.54, 1.807) is 18.6 Å². The second-order valence-electron chi connectivity index (χ2n) is 5.55. The first-order chi connectivity index (χ1) is 11.8. The average molecular weight is 313 g/mol. The summed E-state index contributed by atoms with van der Waals surface area (Å²) in [6.07, 6.45) is 5.30. The molecule has 0 saturated heterocycles. The van der Waals surface area contributed by atoms with Crippen LogP contribution in [0.25, 0.3) is 22.0 Å². The van der Waals surface area contributed by atoms with Crippen molar-refractivity contribution in [3.63, 3.8) is 0 Å². The summed E-state index contributed by atoms with van der Waals surface area (Å²) in [7, 11) is 0. The Morgan fingerprint density at radius 3 is 2.67 bits per heavy atom. The maximum atomic E-state index is 5.98. The van der Waals surface area contributed by atoms with Crippen LogP contribution in [-0.4, -0.2) is 15.0 Å². The second-order valence-corrected chi connectivity index (χ2v) is 5.55. The van der Waals surface area contributed by atoms with Crippen molar-refractivity contribution in [2.75, 3.05) is 0 Å². The Labute approximate surface area is 139 Å². The minimum absolute atomic E-state index is 0.516. The van der Waals surface area contributed by atoms with Crippen molar-refractivity contribution in [3.05, 3.63) is 78.8 Å². The lowest BCUT2D eigenvalue weighted by Gasteiger charge is -2.11. The van der Waals surface area contributed by atoms with Gasteiger partial charge in [-0.05, 0) is 36.2 Å². The largest absolute Gasteiger partial charge is 0.420 e. The van der Waals surface area contributed by atoms with Gasteiger partial charge in [0.1, 0.15) is 0 Å². The molecule has 4 rings (SSSR count). The van der Waals surface area contributed by atoms with E-state index in [0.29, 0.717) is 11.8 Å². The first kappa shape index (κ1) is 14.3. The number of ether oxygens (including phenoxy) is 1. The number of benzene rings is 1. The van der Waals surface area contributed by atoms with E-state index in [2.05, 4.69) is 21.0 Å². The van der Waals surface area contributed by atoms with Gasteiger partial charge in [-0.15, -0.1) is 0 Å². The van der Waals surface area contributed by atoms with Crippen LogP contribution < -0.4 is 4.74 Å². The summed E-state index contributed by atoms with van der Waals surface area (Å²) in [4.78, 5) is 13.1. The number of aromatic nitrogens is 3. The Bertz CT molecular complexity index is 1000. The van der Waals surface area contributed by atoms with Crippen LogP contribution in [0.2, 0.25) is 0 Å². The smallest absolute Gasteiger partial charge is 0.229 e. The van der Waals surface area contributed by atoms with E-state index in [4.69, 9.17) is 4.74 Å². The lowest BCUT2D eigenvalue weighted by atomic mass is 10.1. The Morgan fingerprint density at radius 2 is 1.79 bits per heavy atom. The van der Waals surface area contributed by atoms with Gasteiger partial charge in [-0.25, -0.2) is 9.97 Å². The molecule has 24 heavy (non-hydrogen) atoms. The summed E-state index contributed by atoms with van der Waals surface area (Å²) < 4.78 is 5.98. The third-order valence-corrected chi connectivity index (χ3v) is 3.74. The van der Waals surface area contributed by atoms with E-state index >= 15 is 0 Å². The first-order valence-electron chi connectivity index (χ1n) is 7.70. The van der Waals surface area contributed by atoms with Crippen molar-refractivity contribution in [3.8, 4) is 22.9 Å². The van der Waals surface area contributed by atoms with Crippen LogP contribution in [-0.2, 0) is 0 Å². The highest BCUT2D eigenvalue weighted by Gasteiger charge is 2.10. The van der Waals surface area contributed by atoms with Gasteiger partial charge in [-0.1, -0.05) is 30.3 Å². The molecule has 4 nitrogen and oxygen atoms in total. The van der Waals surface area contributed by atoms with Crippen molar-refractivity contribution in [1.82, 2.24) is 15.0 Å². The highest BCUT2D eigenvalue weighted by molar-refractivity contribution is 5.78. The molecule has 116 valence electrons. The third kappa shape index (κ3) is 2.82. The normalized spacial score (nSPS) is 10.7. The monoisotopic (exact) mass is 313 g/mol. The van der Waals surface area contributed by atoms with Crippen molar-refractivity contribution in [2.24, 2.45) is 0 Å². The number of rotatable bonds is 3. The van der Waals surface area contributed by atoms with Gasteiger partial charge >= 0.3 is 0 Å². The lowest BCUT2D eigenvalue weighted by molar-refractivity contribution is 0.448. The van der Waals surface area contributed by atoms with Gasteiger partial charge in [0.05, 0.1) is 5.52 Å². The van der Waals surface area contributed by atoms with Crippen LogP contribution in [0.15, 0.2) is 73.2 Å². The minimum Gasteiger partial charge on any atom is -0.420 e. The van der Waals surface area contributed by atoms with Gasteiger partial charge in [0.15, 0.2) is 0 Å². The van der Waals surface area contributed by atoms with E-state index in [0.717, 1.165) is 27.6 Å². The van der Waals surface area contributed by atoms with Crippen molar-refractivity contribution >= 4 is 10.9 Å². The van der Waals surface area contributed by atoms with Crippen LogP contribution in [0.4, 0.5) is 0 Å². The van der Waals surface area contributed by atoms with E-state index in [1.807, 2.05) is 55.5 Å². The maximum Gasteiger partial charge on any atom is 0.229 e. The molecule has 3 heterocycles. The average Bonchev–Trinajstić information content (AvgIpc) is 2.64. The number of hydrogen-bond acceptors (Lipinski definition) is 4. The Hall–Kier alpha value is -3.27. The van der Waals surface area contributed by atoms with Gasteiger partial charge in [0.2, 0.25) is 11.8 Å². The summed E-state index contributed by atoms with van der Waals surface area (Å²) in [6.45, 7) is 2.02. The SMILES string of the molecule is Cc1cnc(Oc2ccc3cnccc3n2)c(-c2ccccc2)c1. The number of fused-ring (bicyclic) bond motifs is 1. The predicted octanol–water partition coefficient (Wildman–Crippen LogP) is 4.79. The standard InChI is InChI=1S/C20H15N3O/c1-14-11-17(15-5-3-2-4-6-15)20(22-12-14)24-19-8-7-16-13-21-10-9-18(16)23-19/h2-13H,1H3. The van der Waals surface area contributed by atoms with Crippen LogP contribution in [0.1, 0.15) is 5.56 Å². The molecule has 3 aromatic heterocycles. The van der Waals surface area contributed by atoms with Gasteiger partial charge in [-0.3, -0.25) is 4.98 Å². The predicted molar refractivity (Wildman–Crippen MR) is 94.0 cm³/mol. The number of aryl methyl sites for hydroxylation is 1. The van der Waals surface area contributed by atoms with Crippen LogP contribution >= 0.6 is 0 Å². The van der Waals surface area contributed by atoms with Crippen molar-refractivity contribution in [2.45, 2.75) is 6.92 Å². The molecule has 0 aliphatic carbocycles. The molecule has 4 heteroatoms. The van der Waals surface area contributed by atoms with Crippen LogP contribution in [0.3, 0.4) is 0 Å². The molecule has 0 N–H and O–H groups in total. The fourth-order valence-electron chi connectivity index (χ4n) is 2.57. The van der Waals surface area contributed by atoms with Gasteiger partial charge in [-0.2, -0.15) is 0 Å². The second kappa shape index (κ2) is 6.08. The first-order valence-corrected chi connectivity index (χ1v) is 7.70. The zero-order chi connectivity index (χ0) is 16.4. The number of pyridine rings is 3. The fraction of sp³-hybridized carbons (Fsp3) is 0.0500. The number of nitrogens with zero attached hydrogens (tertiary/aromatic N) is 3. The van der Waals surface area contributed by atoms with E-state index in [-0.39, 0.29) is 0 Å². The van der Waals surface area contributed by atoms with Crippen LogP contribution in [0.5, 0.6) is 11.8 Å². The highest BCUT2D eigenvalue weighted by Crippen LogP contribution is 2.31. The number of hydrogen-bond donors (Lipinski definition) is 0. The molecule has 0 fully saturated rings. The fourth-order valence-corrected chi connectivity index (χ4v) is 2.57. The Balaban J connectivity index is 1.76. The van der Waals surface area contributed by atoms with Crippen LogP contribution in [0, 0.1) is 6.92 Å². The molecule has 0 atom stereocenters. The molecule has 0 saturated carbocycles. The summed E-state index contributed by atoms with van der Waals surface area (Å²) in [5.41, 5.74) is 3.94. The van der Waals surface area contributed by atoms with Gasteiger partial charge < -0.3 is 4.74 Å². The summed E-state index contributed by atoms with van der Waals surface area (Å²) >= 11 is 0. The maximum absolute atomic E-state index is 5.98. The van der Waals surface area contributed by atoms with E-state index < -0.39 is 0 Å². The molecule has 0 radical (unpaired) electrons. The molecule has 0 spiro atoms. The van der Waals surface area contributed by atoms with Crippen molar-refractivity contribution in [1.29, 1.82) is 0 Å². The Kier molecular flexibility index (Phi) is 3.63. The van der Waals surface area contributed by atoms with Crippen molar-refractivity contribution < 1.29 is 4.74 Å². The Morgan fingerprint density at radius 1 is 0.917 bits per heavy atom. The van der Waals surface area contributed by atoms with E-state index in [9.17, 15) is 0 Å². The molecular weight excluding hydrogens is 298 g/mol. The minimum atomic E-state index is 0.516. The third-order valence-electron chi connectivity index (χ3n) is 3.74. The molecule has 0 bridgehead atoms. The molecule has 0 amide bonds. The molecular formula is C20H15N3O.